The number of hydrogen-bond acceptors (Lipinski definition) is 3. The Morgan fingerprint density at radius 3 is 2.20 bits per heavy atom. The van der Waals surface area contributed by atoms with Crippen molar-refractivity contribution >= 4 is 5.97 Å². The van der Waals surface area contributed by atoms with Crippen molar-refractivity contribution in [1.29, 1.82) is 0 Å². The summed E-state index contributed by atoms with van der Waals surface area (Å²) < 4.78 is 10.9. The van der Waals surface area contributed by atoms with Gasteiger partial charge in [-0.05, 0) is 32.1 Å². The van der Waals surface area contributed by atoms with Crippen molar-refractivity contribution in [2.45, 2.75) is 57.2 Å². The van der Waals surface area contributed by atoms with Crippen LogP contribution in [0.15, 0.2) is 0 Å². The Kier molecular flexibility index (Phi) is 3.62. The lowest BCUT2D eigenvalue weighted by Crippen LogP contribution is -2.38. The molecule has 0 aromatic heterocycles. The number of methoxy groups -OCH3 is 1. The molecule has 0 N–H and O–H groups in total. The fraction of sp³-hybridized carbons (Fsp3) is 0.917. The first-order chi connectivity index (χ1) is 7.31. The van der Waals surface area contributed by atoms with E-state index in [9.17, 15) is 4.79 Å². The molecule has 86 valence electrons. The number of rotatable bonds is 3. The van der Waals surface area contributed by atoms with E-state index in [1.54, 1.807) is 7.11 Å². The molecule has 0 aliphatic heterocycles. The maximum absolute atomic E-state index is 11.7. The third-order valence-corrected chi connectivity index (χ3v) is 3.65. The molecule has 2 aliphatic carbocycles. The van der Waals surface area contributed by atoms with Gasteiger partial charge in [-0.2, -0.15) is 0 Å². The average Bonchev–Trinajstić information content (AvgIpc) is 2.15. The van der Waals surface area contributed by atoms with Crippen LogP contribution in [0.5, 0.6) is 0 Å². The van der Waals surface area contributed by atoms with E-state index in [2.05, 4.69) is 0 Å². The summed E-state index contributed by atoms with van der Waals surface area (Å²) in [5.41, 5.74) is 0. The third kappa shape index (κ3) is 2.51. The van der Waals surface area contributed by atoms with Crippen LogP contribution in [0.3, 0.4) is 0 Å². The lowest BCUT2D eigenvalue weighted by Gasteiger charge is -2.32. The standard InChI is InChI=1S/C12H20O3/c1-14-10-7-2-3-8-11(10)15-12(13)9-5-4-6-9/h9-11H,2-8H2,1H3/t10-,11-/m0/s1. The molecule has 0 spiro atoms. The second-order valence-electron chi connectivity index (χ2n) is 4.66. The molecule has 0 saturated heterocycles. The van der Waals surface area contributed by atoms with Gasteiger partial charge in [-0.1, -0.05) is 12.8 Å². The minimum Gasteiger partial charge on any atom is -0.459 e. The third-order valence-electron chi connectivity index (χ3n) is 3.65. The molecule has 2 rings (SSSR count). The zero-order chi connectivity index (χ0) is 10.7. The number of carbonyl (C=O) groups is 1. The van der Waals surface area contributed by atoms with Crippen LogP contribution in [0.2, 0.25) is 0 Å². The minimum atomic E-state index is 0.00944. The van der Waals surface area contributed by atoms with Crippen LogP contribution in [0.4, 0.5) is 0 Å². The average molecular weight is 212 g/mol. The first kappa shape index (κ1) is 10.9. The summed E-state index contributed by atoms with van der Waals surface area (Å²) in [6.07, 6.45) is 7.69. The highest BCUT2D eigenvalue weighted by molar-refractivity contribution is 5.73. The van der Waals surface area contributed by atoms with Crippen LogP contribution in [0.1, 0.15) is 44.9 Å². The van der Waals surface area contributed by atoms with Crippen LogP contribution in [-0.2, 0) is 14.3 Å². The lowest BCUT2D eigenvalue weighted by molar-refractivity contribution is -0.167. The summed E-state index contributed by atoms with van der Waals surface area (Å²) in [6, 6.07) is 0. The van der Waals surface area contributed by atoms with Gasteiger partial charge in [0.1, 0.15) is 6.10 Å². The minimum absolute atomic E-state index is 0.00944. The SMILES string of the molecule is CO[C@H]1CCCC[C@@H]1OC(=O)C1CCC1. The normalized spacial score (nSPS) is 32.1. The quantitative estimate of drug-likeness (QED) is 0.673. The smallest absolute Gasteiger partial charge is 0.309 e. The highest BCUT2D eigenvalue weighted by Crippen LogP contribution is 2.30. The van der Waals surface area contributed by atoms with Crippen molar-refractivity contribution in [2.75, 3.05) is 7.11 Å². The van der Waals surface area contributed by atoms with E-state index in [1.807, 2.05) is 0 Å². The predicted octanol–water partition coefficient (Wildman–Crippen LogP) is 2.29. The maximum Gasteiger partial charge on any atom is 0.309 e. The molecule has 2 saturated carbocycles. The summed E-state index contributed by atoms with van der Waals surface area (Å²) in [5.74, 6) is 0.194. The van der Waals surface area contributed by atoms with Crippen LogP contribution >= 0.6 is 0 Å². The molecule has 0 heterocycles. The van der Waals surface area contributed by atoms with Gasteiger partial charge < -0.3 is 9.47 Å². The van der Waals surface area contributed by atoms with Gasteiger partial charge in [0.2, 0.25) is 0 Å². The number of esters is 1. The van der Waals surface area contributed by atoms with Gasteiger partial charge >= 0.3 is 5.97 Å². The number of carbonyl (C=O) groups excluding carboxylic acids is 1. The van der Waals surface area contributed by atoms with Crippen molar-refractivity contribution in [2.24, 2.45) is 5.92 Å². The second kappa shape index (κ2) is 4.97. The zero-order valence-electron chi connectivity index (χ0n) is 9.41. The van der Waals surface area contributed by atoms with Crippen molar-refractivity contribution in [3.8, 4) is 0 Å². The van der Waals surface area contributed by atoms with Crippen LogP contribution < -0.4 is 0 Å². The van der Waals surface area contributed by atoms with Gasteiger partial charge in [0, 0.05) is 7.11 Å². The fourth-order valence-corrected chi connectivity index (χ4v) is 2.36. The van der Waals surface area contributed by atoms with Crippen molar-refractivity contribution in [3.63, 3.8) is 0 Å². The molecule has 0 aromatic rings. The van der Waals surface area contributed by atoms with Gasteiger partial charge in [0.15, 0.2) is 0 Å². The zero-order valence-corrected chi connectivity index (χ0v) is 9.41. The monoisotopic (exact) mass is 212 g/mol. The predicted molar refractivity (Wildman–Crippen MR) is 56.5 cm³/mol. The van der Waals surface area contributed by atoms with Crippen LogP contribution in [0, 0.1) is 5.92 Å². The van der Waals surface area contributed by atoms with Crippen molar-refractivity contribution < 1.29 is 14.3 Å². The summed E-state index contributed by atoms with van der Waals surface area (Å²) in [6.45, 7) is 0. The molecular formula is C12H20O3. The van der Waals surface area contributed by atoms with Gasteiger partial charge in [-0.15, -0.1) is 0 Å². The molecule has 2 aliphatic rings. The van der Waals surface area contributed by atoms with Crippen molar-refractivity contribution in [3.05, 3.63) is 0 Å². The lowest BCUT2D eigenvalue weighted by atomic mass is 9.85. The molecule has 0 radical (unpaired) electrons. The Bertz CT molecular complexity index is 223. The Morgan fingerprint density at radius 2 is 1.67 bits per heavy atom. The fourth-order valence-electron chi connectivity index (χ4n) is 2.36. The van der Waals surface area contributed by atoms with E-state index < -0.39 is 0 Å². The van der Waals surface area contributed by atoms with Gasteiger partial charge in [-0.25, -0.2) is 0 Å². The topological polar surface area (TPSA) is 35.5 Å². The molecule has 0 amide bonds. The molecule has 15 heavy (non-hydrogen) atoms. The number of hydrogen-bond donors (Lipinski definition) is 0. The Morgan fingerprint density at radius 1 is 1.00 bits per heavy atom. The Labute approximate surface area is 91.1 Å². The van der Waals surface area contributed by atoms with Crippen LogP contribution in [0.25, 0.3) is 0 Å². The molecule has 2 atom stereocenters. The largest absolute Gasteiger partial charge is 0.459 e. The second-order valence-corrected chi connectivity index (χ2v) is 4.66. The first-order valence-electron chi connectivity index (χ1n) is 6.04. The maximum atomic E-state index is 11.7. The van der Waals surface area contributed by atoms with E-state index in [-0.39, 0.29) is 24.1 Å². The first-order valence-corrected chi connectivity index (χ1v) is 6.04. The van der Waals surface area contributed by atoms with E-state index in [4.69, 9.17) is 9.47 Å². The molecule has 0 unspecified atom stereocenters. The molecular weight excluding hydrogens is 192 g/mol. The van der Waals surface area contributed by atoms with E-state index in [0.717, 1.165) is 32.1 Å². The van der Waals surface area contributed by atoms with Gasteiger partial charge in [-0.3, -0.25) is 4.79 Å². The summed E-state index contributed by atoms with van der Waals surface area (Å²) in [4.78, 5) is 11.7. The summed E-state index contributed by atoms with van der Waals surface area (Å²) in [7, 11) is 1.71. The molecule has 0 bridgehead atoms. The molecule has 0 aromatic carbocycles. The highest BCUT2D eigenvalue weighted by atomic mass is 16.6. The Balaban J connectivity index is 1.82. The van der Waals surface area contributed by atoms with Crippen LogP contribution in [-0.4, -0.2) is 25.3 Å². The van der Waals surface area contributed by atoms with Gasteiger partial charge in [0.25, 0.3) is 0 Å². The number of ether oxygens (including phenoxy) is 2. The van der Waals surface area contributed by atoms with Crippen molar-refractivity contribution in [1.82, 2.24) is 0 Å². The van der Waals surface area contributed by atoms with E-state index in [1.165, 1.54) is 12.8 Å². The summed E-state index contributed by atoms with van der Waals surface area (Å²) >= 11 is 0. The molecule has 3 nitrogen and oxygen atoms in total. The summed E-state index contributed by atoms with van der Waals surface area (Å²) in [5, 5.41) is 0. The van der Waals surface area contributed by atoms with E-state index >= 15 is 0 Å². The van der Waals surface area contributed by atoms with E-state index in [0.29, 0.717) is 0 Å². The van der Waals surface area contributed by atoms with Gasteiger partial charge in [0.05, 0.1) is 12.0 Å². The highest BCUT2D eigenvalue weighted by Gasteiger charge is 2.33. The molecule has 2 fully saturated rings. The Hall–Kier alpha value is -0.570. The molecule has 3 heteroatoms.